The topological polar surface area (TPSA) is 49.4 Å². The van der Waals surface area contributed by atoms with Crippen molar-refractivity contribution in [2.45, 2.75) is 67.8 Å². The summed E-state index contributed by atoms with van der Waals surface area (Å²) in [5.41, 5.74) is 3.39. The fraction of sp³-hybridized carbons (Fsp3) is 0.478. The number of hydrogen-bond acceptors (Lipinski definition) is 3. The molecule has 1 heterocycles. The Labute approximate surface area is 168 Å². The van der Waals surface area contributed by atoms with Crippen LogP contribution in [0.4, 0.5) is 5.69 Å². The minimum absolute atomic E-state index is 0.367. The van der Waals surface area contributed by atoms with Crippen LogP contribution in [0.3, 0.4) is 0 Å². The molecule has 2 fully saturated rings. The Balaban J connectivity index is 1.31. The molecule has 4 nitrogen and oxygen atoms in total. The van der Waals surface area contributed by atoms with Crippen LogP contribution in [0.25, 0.3) is 0 Å². The zero-order chi connectivity index (χ0) is 19.1. The van der Waals surface area contributed by atoms with Gasteiger partial charge in [0, 0.05) is 24.5 Å². The first kappa shape index (κ1) is 18.2. The average Bonchev–Trinajstić information content (AvgIpc) is 3.35. The standard InChI is InChI=1S/C23H28N2O2S/c26-28(27,20-9-5-2-6-10-20)25-14-13-18-15-17(11-12-23(18)25)21-16-22(21)24-19-7-3-1-4-8-19/h2,5-6,9-12,15,19,21-22,24H,1,3-4,7-8,13-14,16H2/t21-,22+/m0/s1. The maximum Gasteiger partial charge on any atom is 0.264 e. The van der Waals surface area contributed by atoms with Gasteiger partial charge in [0.2, 0.25) is 0 Å². The highest BCUT2D eigenvalue weighted by molar-refractivity contribution is 7.92. The molecule has 2 atom stereocenters. The van der Waals surface area contributed by atoms with E-state index in [1.165, 1.54) is 49.7 Å². The Hall–Kier alpha value is -1.85. The summed E-state index contributed by atoms with van der Waals surface area (Å²) in [4.78, 5) is 0.367. The van der Waals surface area contributed by atoms with E-state index in [0.717, 1.165) is 12.1 Å². The molecule has 0 spiro atoms. The van der Waals surface area contributed by atoms with Gasteiger partial charge in [-0.15, -0.1) is 0 Å². The molecule has 0 radical (unpaired) electrons. The number of rotatable bonds is 5. The molecule has 28 heavy (non-hydrogen) atoms. The van der Waals surface area contributed by atoms with Crippen molar-refractivity contribution in [3.63, 3.8) is 0 Å². The first-order valence-electron chi connectivity index (χ1n) is 10.6. The average molecular weight is 397 g/mol. The van der Waals surface area contributed by atoms with Gasteiger partial charge in [0.1, 0.15) is 0 Å². The van der Waals surface area contributed by atoms with E-state index in [1.807, 2.05) is 12.1 Å². The SMILES string of the molecule is O=S(=O)(c1ccccc1)N1CCc2cc([C@@H]3C[C@H]3NC3CCCCC3)ccc21. The number of nitrogens with zero attached hydrogens (tertiary/aromatic N) is 1. The van der Waals surface area contributed by atoms with Crippen LogP contribution in [0.1, 0.15) is 55.6 Å². The highest BCUT2D eigenvalue weighted by atomic mass is 32.2. The number of hydrogen-bond donors (Lipinski definition) is 1. The van der Waals surface area contributed by atoms with E-state index in [1.54, 1.807) is 28.6 Å². The molecule has 0 amide bonds. The van der Waals surface area contributed by atoms with Crippen molar-refractivity contribution >= 4 is 15.7 Å². The molecule has 3 aliphatic rings. The predicted octanol–water partition coefficient (Wildman–Crippen LogP) is 4.22. The van der Waals surface area contributed by atoms with Crippen LogP contribution in [-0.4, -0.2) is 27.0 Å². The van der Waals surface area contributed by atoms with Gasteiger partial charge in [-0.05, 0) is 55.0 Å². The highest BCUT2D eigenvalue weighted by Crippen LogP contribution is 2.44. The molecule has 2 aliphatic carbocycles. The molecule has 1 N–H and O–H groups in total. The van der Waals surface area contributed by atoms with Gasteiger partial charge >= 0.3 is 0 Å². The van der Waals surface area contributed by atoms with Gasteiger partial charge in [0.15, 0.2) is 0 Å². The van der Waals surface area contributed by atoms with E-state index < -0.39 is 10.0 Å². The molecule has 0 saturated heterocycles. The van der Waals surface area contributed by atoms with Crippen LogP contribution < -0.4 is 9.62 Å². The van der Waals surface area contributed by atoms with Crippen molar-refractivity contribution in [3.05, 3.63) is 59.7 Å². The summed E-state index contributed by atoms with van der Waals surface area (Å²) in [5.74, 6) is 0.590. The summed E-state index contributed by atoms with van der Waals surface area (Å²) < 4.78 is 27.6. The van der Waals surface area contributed by atoms with E-state index >= 15 is 0 Å². The second-order valence-corrected chi connectivity index (χ2v) is 10.3. The van der Waals surface area contributed by atoms with Crippen LogP contribution in [0.15, 0.2) is 53.4 Å². The van der Waals surface area contributed by atoms with Crippen molar-refractivity contribution < 1.29 is 8.42 Å². The van der Waals surface area contributed by atoms with Crippen LogP contribution in [-0.2, 0) is 16.4 Å². The second-order valence-electron chi connectivity index (χ2n) is 8.48. The fourth-order valence-electron chi connectivity index (χ4n) is 4.91. The maximum absolute atomic E-state index is 13.0. The number of nitrogens with one attached hydrogen (secondary N) is 1. The molecule has 0 aromatic heterocycles. The quantitative estimate of drug-likeness (QED) is 0.823. The molecule has 2 saturated carbocycles. The molecular weight excluding hydrogens is 368 g/mol. The molecule has 5 heteroatoms. The fourth-order valence-corrected chi connectivity index (χ4v) is 6.44. The normalized spacial score (nSPS) is 24.9. The molecule has 148 valence electrons. The molecular formula is C23H28N2O2S. The van der Waals surface area contributed by atoms with Crippen molar-refractivity contribution in [2.75, 3.05) is 10.8 Å². The van der Waals surface area contributed by atoms with E-state index in [0.29, 0.717) is 29.4 Å². The summed E-state index contributed by atoms with van der Waals surface area (Å²) in [6, 6.07) is 16.5. The smallest absolute Gasteiger partial charge is 0.264 e. The van der Waals surface area contributed by atoms with Crippen molar-refractivity contribution in [1.82, 2.24) is 5.32 Å². The highest BCUT2D eigenvalue weighted by Gasteiger charge is 2.40. The largest absolute Gasteiger partial charge is 0.311 e. The lowest BCUT2D eigenvalue weighted by Gasteiger charge is -2.23. The summed E-state index contributed by atoms with van der Waals surface area (Å²) in [6.45, 7) is 0.532. The third-order valence-corrected chi connectivity index (χ3v) is 8.39. The predicted molar refractivity (Wildman–Crippen MR) is 112 cm³/mol. The lowest BCUT2D eigenvalue weighted by molar-refractivity contribution is 0.369. The van der Waals surface area contributed by atoms with Crippen molar-refractivity contribution in [1.29, 1.82) is 0 Å². The van der Waals surface area contributed by atoms with Crippen LogP contribution in [0.5, 0.6) is 0 Å². The van der Waals surface area contributed by atoms with Gasteiger partial charge in [0.05, 0.1) is 10.6 Å². The van der Waals surface area contributed by atoms with Crippen LogP contribution in [0, 0.1) is 0 Å². The zero-order valence-corrected chi connectivity index (χ0v) is 17.0. The second kappa shape index (κ2) is 7.20. The van der Waals surface area contributed by atoms with E-state index in [2.05, 4.69) is 17.4 Å². The first-order valence-corrected chi connectivity index (χ1v) is 12.0. The Morgan fingerprint density at radius 3 is 2.54 bits per heavy atom. The minimum atomic E-state index is -3.48. The lowest BCUT2D eigenvalue weighted by Crippen LogP contribution is -2.33. The Kier molecular flexibility index (Phi) is 4.68. The number of anilines is 1. The van der Waals surface area contributed by atoms with E-state index in [4.69, 9.17) is 0 Å². The van der Waals surface area contributed by atoms with Gasteiger partial charge in [-0.1, -0.05) is 49.6 Å². The van der Waals surface area contributed by atoms with Crippen molar-refractivity contribution in [3.8, 4) is 0 Å². The molecule has 5 rings (SSSR count). The Morgan fingerprint density at radius 2 is 1.75 bits per heavy atom. The zero-order valence-electron chi connectivity index (χ0n) is 16.2. The summed E-state index contributed by atoms with van der Waals surface area (Å²) in [6.07, 6.45) is 8.75. The van der Waals surface area contributed by atoms with Crippen LogP contribution >= 0.6 is 0 Å². The molecule has 1 aliphatic heterocycles. The summed E-state index contributed by atoms with van der Waals surface area (Å²) in [5, 5.41) is 3.86. The molecule has 0 bridgehead atoms. The number of benzene rings is 2. The third-order valence-electron chi connectivity index (χ3n) is 6.56. The monoisotopic (exact) mass is 396 g/mol. The van der Waals surface area contributed by atoms with E-state index in [-0.39, 0.29) is 0 Å². The number of sulfonamides is 1. The first-order chi connectivity index (χ1) is 13.6. The molecule has 2 aromatic rings. The summed E-state index contributed by atoms with van der Waals surface area (Å²) in [7, 11) is -3.48. The van der Waals surface area contributed by atoms with Crippen LogP contribution in [0.2, 0.25) is 0 Å². The minimum Gasteiger partial charge on any atom is -0.311 e. The maximum atomic E-state index is 13.0. The van der Waals surface area contributed by atoms with Gasteiger partial charge < -0.3 is 5.32 Å². The molecule has 2 aromatic carbocycles. The lowest BCUT2D eigenvalue weighted by atomic mass is 9.95. The Bertz CT molecular complexity index is 952. The summed E-state index contributed by atoms with van der Waals surface area (Å²) >= 11 is 0. The van der Waals surface area contributed by atoms with Gasteiger partial charge in [-0.3, -0.25) is 4.31 Å². The molecule has 0 unspecified atom stereocenters. The van der Waals surface area contributed by atoms with Crippen molar-refractivity contribution in [2.24, 2.45) is 0 Å². The Morgan fingerprint density at radius 1 is 0.964 bits per heavy atom. The van der Waals surface area contributed by atoms with E-state index in [9.17, 15) is 8.42 Å². The van der Waals surface area contributed by atoms with Gasteiger partial charge in [-0.25, -0.2) is 8.42 Å². The van der Waals surface area contributed by atoms with Gasteiger partial charge in [0.25, 0.3) is 10.0 Å². The van der Waals surface area contributed by atoms with Gasteiger partial charge in [-0.2, -0.15) is 0 Å². The third kappa shape index (κ3) is 3.35. The number of fused-ring (bicyclic) bond motifs is 1.